The van der Waals surface area contributed by atoms with E-state index < -0.39 is 12.1 Å². The number of benzene rings is 1. The maximum absolute atomic E-state index is 13.2. The zero-order valence-electron chi connectivity index (χ0n) is 35.1. The second-order valence-electron chi connectivity index (χ2n) is 14.6. The van der Waals surface area contributed by atoms with E-state index in [0.29, 0.717) is 52.2 Å². The van der Waals surface area contributed by atoms with Crippen LogP contribution in [0.2, 0.25) is 0 Å². The molecule has 1 aromatic rings. The number of ether oxygens (including phenoxy) is 2. The van der Waals surface area contributed by atoms with Crippen molar-refractivity contribution in [2.45, 2.75) is 167 Å². The molecule has 0 bridgehead atoms. The molecular weight excluding hydrogens is 794 g/mol. The first kappa shape index (κ1) is 61.4. The molecule has 0 aliphatic carbocycles. The number of hydrogen-bond acceptors (Lipinski definition) is 8. The Kier molecular flexibility index (Phi) is 47.5. The van der Waals surface area contributed by atoms with Crippen molar-refractivity contribution >= 4 is 61.4 Å². The minimum Gasteiger partial charge on any atom is -0.494 e. The predicted molar refractivity (Wildman–Crippen MR) is 247 cm³/mol. The molecular formula is C42H84Cl4N6O4. The van der Waals surface area contributed by atoms with Gasteiger partial charge in [0, 0.05) is 26.2 Å². The van der Waals surface area contributed by atoms with Crippen LogP contribution in [0.5, 0.6) is 11.5 Å². The van der Waals surface area contributed by atoms with Gasteiger partial charge in [0.2, 0.25) is 11.8 Å². The van der Waals surface area contributed by atoms with E-state index in [4.69, 9.17) is 32.4 Å². The van der Waals surface area contributed by atoms with Gasteiger partial charge >= 0.3 is 0 Å². The second-order valence-corrected chi connectivity index (χ2v) is 14.6. The highest BCUT2D eigenvalue weighted by molar-refractivity contribution is 5.86. The summed E-state index contributed by atoms with van der Waals surface area (Å²) in [6.45, 7) is 9.51. The molecule has 2 atom stereocenters. The average molecular weight is 879 g/mol. The van der Waals surface area contributed by atoms with Gasteiger partial charge in [0.25, 0.3) is 0 Å². The fourth-order valence-corrected chi connectivity index (χ4v) is 6.44. The van der Waals surface area contributed by atoms with Gasteiger partial charge < -0.3 is 42.2 Å². The van der Waals surface area contributed by atoms with E-state index in [9.17, 15) is 9.59 Å². The summed E-state index contributed by atoms with van der Waals surface area (Å²) in [7, 11) is 0. The SMILES string of the molecule is CCCCCCCCCN(CCCOc1ccc(OCCCN(CCCCCCCCC)C(=O)[C@@H](N)CCCCN)cc1)C(=O)[C@@H](N)CCCCN.Cl.Cl.Cl.Cl. The van der Waals surface area contributed by atoms with Crippen molar-refractivity contribution in [3.05, 3.63) is 24.3 Å². The summed E-state index contributed by atoms with van der Waals surface area (Å²) in [5, 5.41) is 0. The Morgan fingerprint density at radius 3 is 1.11 bits per heavy atom. The van der Waals surface area contributed by atoms with Crippen molar-refractivity contribution in [2.24, 2.45) is 22.9 Å². The molecule has 1 rings (SSSR count). The van der Waals surface area contributed by atoms with Gasteiger partial charge in [0.1, 0.15) is 11.5 Å². The highest BCUT2D eigenvalue weighted by atomic mass is 35.5. The highest BCUT2D eigenvalue weighted by Gasteiger charge is 2.21. The summed E-state index contributed by atoms with van der Waals surface area (Å²) in [5.74, 6) is 1.62. The lowest BCUT2D eigenvalue weighted by molar-refractivity contribution is -0.133. The monoisotopic (exact) mass is 877 g/mol. The largest absolute Gasteiger partial charge is 0.494 e. The van der Waals surface area contributed by atoms with Crippen molar-refractivity contribution in [3.8, 4) is 11.5 Å². The molecule has 0 aliphatic heterocycles. The van der Waals surface area contributed by atoms with Crippen LogP contribution in [0.25, 0.3) is 0 Å². The molecule has 2 amide bonds. The fraction of sp³-hybridized carbons (Fsp3) is 0.810. The molecule has 0 spiro atoms. The maximum Gasteiger partial charge on any atom is 0.239 e. The van der Waals surface area contributed by atoms with Gasteiger partial charge in [-0.1, -0.05) is 104 Å². The standard InChI is InChI=1S/C42H80N6O4.4ClH/c1-3-5-7-9-11-13-19-31-47(41(49)39(45)23-15-17-29-43)33-21-35-51-37-25-27-38(28-26-37)52-36-22-34-48(32-20-14-12-10-8-6-4-2)42(50)40(46)24-16-18-30-44;;;;/h25-28,39-40H,3-24,29-36,43-46H2,1-2H3;4*1H/t39-,40-;;;;/m0..../s1. The van der Waals surface area contributed by atoms with E-state index >= 15 is 0 Å². The van der Waals surface area contributed by atoms with Crippen LogP contribution in [-0.2, 0) is 9.59 Å². The van der Waals surface area contributed by atoms with Crippen molar-refractivity contribution < 1.29 is 19.1 Å². The van der Waals surface area contributed by atoms with E-state index in [1.807, 2.05) is 34.1 Å². The number of unbranched alkanes of at least 4 members (excludes halogenated alkanes) is 14. The van der Waals surface area contributed by atoms with Gasteiger partial charge in [-0.25, -0.2) is 0 Å². The van der Waals surface area contributed by atoms with Gasteiger partial charge in [-0.2, -0.15) is 0 Å². The molecule has 56 heavy (non-hydrogen) atoms. The Bertz CT molecular complexity index is 926. The third-order valence-electron chi connectivity index (χ3n) is 9.77. The molecule has 0 saturated carbocycles. The van der Waals surface area contributed by atoms with E-state index in [2.05, 4.69) is 13.8 Å². The number of halogens is 4. The van der Waals surface area contributed by atoms with Crippen LogP contribution in [0.15, 0.2) is 24.3 Å². The first-order valence-corrected chi connectivity index (χ1v) is 21.2. The summed E-state index contributed by atoms with van der Waals surface area (Å²) in [4.78, 5) is 30.3. The van der Waals surface area contributed by atoms with E-state index in [1.54, 1.807) is 0 Å². The first-order chi connectivity index (χ1) is 25.4. The zero-order chi connectivity index (χ0) is 38.1. The van der Waals surface area contributed by atoms with E-state index in [1.165, 1.54) is 64.2 Å². The lowest BCUT2D eigenvalue weighted by Gasteiger charge is -2.26. The zero-order valence-corrected chi connectivity index (χ0v) is 38.4. The van der Waals surface area contributed by atoms with Gasteiger partial charge in [0.05, 0.1) is 25.3 Å². The van der Waals surface area contributed by atoms with Crippen molar-refractivity contribution in [1.29, 1.82) is 0 Å². The highest BCUT2D eigenvalue weighted by Crippen LogP contribution is 2.19. The molecule has 14 heteroatoms. The minimum atomic E-state index is -0.470. The molecule has 0 unspecified atom stereocenters. The van der Waals surface area contributed by atoms with E-state index in [0.717, 1.165) is 88.8 Å². The number of nitrogens with zero attached hydrogens (tertiary/aromatic N) is 2. The number of nitrogens with two attached hydrogens (primary N) is 4. The lowest BCUT2D eigenvalue weighted by Crippen LogP contribution is -2.45. The Morgan fingerprint density at radius 1 is 0.482 bits per heavy atom. The van der Waals surface area contributed by atoms with Gasteiger partial charge in [-0.3, -0.25) is 9.59 Å². The summed E-state index contributed by atoms with van der Waals surface area (Å²) >= 11 is 0. The smallest absolute Gasteiger partial charge is 0.239 e. The number of rotatable bonds is 36. The third-order valence-corrected chi connectivity index (χ3v) is 9.77. The summed E-state index contributed by atoms with van der Waals surface area (Å²) < 4.78 is 12.0. The lowest BCUT2D eigenvalue weighted by atomic mass is 10.1. The third kappa shape index (κ3) is 31.7. The Morgan fingerprint density at radius 2 is 0.786 bits per heavy atom. The molecule has 0 aliphatic rings. The molecule has 8 N–H and O–H groups in total. The van der Waals surface area contributed by atoms with Crippen LogP contribution in [0.3, 0.4) is 0 Å². The summed E-state index contributed by atoms with van der Waals surface area (Å²) in [6, 6.07) is 6.73. The Hall–Kier alpha value is -1.24. The van der Waals surface area contributed by atoms with Crippen LogP contribution in [0.4, 0.5) is 0 Å². The first-order valence-electron chi connectivity index (χ1n) is 21.2. The predicted octanol–water partition coefficient (Wildman–Crippen LogP) is 8.98. The number of hydrogen-bond donors (Lipinski definition) is 4. The molecule has 10 nitrogen and oxygen atoms in total. The number of amides is 2. The van der Waals surface area contributed by atoms with Crippen molar-refractivity contribution in [2.75, 3.05) is 52.5 Å². The van der Waals surface area contributed by atoms with Crippen molar-refractivity contribution in [3.63, 3.8) is 0 Å². The normalized spacial score (nSPS) is 11.5. The van der Waals surface area contributed by atoms with Gasteiger partial charge in [-0.05, 0) is 88.7 Å². The minimum absolute atomic E-state index is 0. The van der Waals surface area contributed by atoms with Crippen LogP contribution in [0.1, 0.15) is 155 Å². The number of carbonyl (C=O) groups is 2. The Balaban J connectivity index is -0.00000338. The topological polar surface area (TPSA) is 163 Å². The molecule has 0 saturated heterocycles. The van der Waals surface area contributed by atoms with Crippen LogP contribution in [-0.4, -0.2) is 86.2 Å². The molecule has 0 fully saturated rings. The molecule has 0 heterocycles. The van der Waals surface area contributed by atoms with Crippen LogP contribution >= 0.6 is 49.6 Å². The quantitative estimate of drug-likeness (QED) is 0.0486. The van der Waals surface area contributed by atoms with E-state index in [-0.39, 0.29) is 61.4 Å². The van der Waals surface area contributed by atoms with Gasteiger partial charge in [-0.15, -0.1) is 49.6 Å². The molecule has 334 valence electrons. The second kappa shape index (κ2) is 43.3. The summed E-state index contributed by atoms with van der Waals surface area (Å²) in [6.07, 6.45) is 23.3. The van der Waals surface area contributed by atoms with Crippen molar-refractivity contribution in [1.82, 2.24) is 9.80 Å². The van der Waals surface area contributed by atoms with Crippen LogP contribution < -0.4 is 32.4 Å². The average Bonchev–Trinajstić information content (AvgIpc) is 3.15. The molecule has 1 aromatic carbocycles. The maximum atomic E-state index is 13.2. The van der Waals surface area contributed by atoms with Gasteiger partial charge in [0.15, 0.2) is 0 Å². The fourth-order valence-electron chi connectivity index (χ4n) is 6.44. The molecule has 0 aromatic heterocycles. The molecule has 0 radical (unpaired) electrons. The Labute approximate surface area is 367 Å². The summed E-state index contributed by atoms with van der Waals surface area (Å²) in [5.41, 5.74) is 23.9. The number of carbonyl (C=O) groups excluding carboxylic acids is 2. The van der Waals surface area contributed by atoms with Crippen LogP contribution in [0, 0.1) is 0 Å².